The third-order valence-electron chi connectivity index (χ3n) is 5.48. The van der Waals surface area contributed by atoms with Crippen molar-refractivity contribution >= 4 is 23.5 Å². The molecule has 10 heteroatoms. The van der Waals surface area contributed by atoms with Gasteiger partial charge in [-0.25, -0.2) is 18.7 Å². The van der Waals surface area contributed by atoms with E-state index in [0.717, 1.165) is 12.8 Å². The van der Waals surface area contributed by atoms with E-state index in [2.05, 4.69) is 20.6 Å². The highest BCUT2D eigenvalue weighted by Gasteiger charge is 2.34. The molecule has 4 rings (SSSR count). The number of halogens is 2. The van der Waals surface area contributed by atoms with Gasteiger partial charge in [-0.05, 0) is 25.3 Å². The van der Waals surface area contributed by atoms with Crippen LogP contribution in [0.15, 0.2) is 29.7 Å². The fourth-order valence-corrected chi connectivity index (χ4v) is 3.96. The number of allylic oxidation sites excluding steroid dienone is 3. The van der Waals surface area contributed by atoms with Gasteiger partial charge in [-0.15, -0.1) is 0 Å². The Bertz CT molecular complexity index is 903. The molecule has 8 nitrogen and oxygen atoms in total. The van der Waals surface area contributed by atoms with Crippen LogP contribution < -0.4 is 16.4 Å². The Kier molecular flexibility index (Phi) is 5.16. The first kappa shape index (κ1) is 19.3. The fraction of sp³-hybridized carbons (Fsp3) is 0.474. The van der Waals surface area contributed by atoms with Gasteiger partial charge in [-0.2, -0.15) is 0 Å². The third kappa shape index (κ3) is 3.66. The van der Waals surface area contributed by atoms with Crippen LogP contribution in [0.3, 0.4) is 0 Å². The number of carbonyl (C=O) groups excluding carboxylic acids is 2. The maximum Gasteiger partial charge on any atom is 0.250 e. The molecule has 29 heavy (non-hydrogen) atoms. The Labute approximate surface area is 166 Å². The molecule has 2 amide bonds. The molecule has 3 heterocycles. The number of rotatable bonds is 4. The van der Waals surface area contributed by atoms with Gasteiger partial charge >= 0.3 is 0 Å². The van der Waals surface area contributed by atoms with Crippen LogP contribution in [0.4, 0.5) is 20.4 Å². The monoisotopic (exact) mass is 404 g/mol. The number of fused-ring (bicyclic) bond motifs is 1. The first-order valence-electron chi connectivity index (χ1n) is 9.60. The number of amides is 2. The summed E-state index contributed by atoms with van der Waals surface area (Å²) in [6, 6.07) is -0.656. The smallest absolute Gasteiger partial charge is 0.250 e. The standard InChI is InChI=1S/C19H22F2N6O2/c20-11-7-10(19(29)27-6-2-1-3-14(27)16(22)28)4-5-13(11)26-18-15-12(21)8-23-17(15)24-9-25-18/h4-5,9,11-12,14H,1-3,6-8H2,(H2,22,28)(H2,23,24,25,26)/t11?,12?,14-/m1/s1. The SMILES string of the molecule is NC(=O)[C@H]1CCCCN1C(=O)C1=CC=C(Nc2ncnc3c2C(F)CN3)C(F)C1. The number of carbonyl (C=O) groups is 2. The topological polar surface area (TPSA) is 113 Å². The summed E-state index contributed by atoms with van der Waals surface area (Å²) in [7, 11) is 0. The van der Waals surface area contributed by atoms with Crippen molar-refractivity contribution in [2.45, 2.75) is 44.1 Å². The molecule has 0 bridgehead atoms. The molecule has 4 N–H and O–H groups in total. The van der Waals surface area contributed by atoms with Crippen LogP contribution in [0.1, 0.15) is 37.4 Å². The molecular weight excluding hydrogens is 382 g/mol. The summed E-state index contributed by atoms with van der Waals surface area (Å²) in [5.41, 5.74) is 6.15. The van der Waals surface area contributed by atoms with Crippen LogP contribution in [0, 0.1) is 0 Å². The van der Waals surface area contributed by atoms with Crippen molar-refractivity contribution in [1.29, 1.82) is 0 Å². The van der Waals surface area contributed by atoms with Gasteiger partial charge in [0.1, 0.15) is 36.3 Å². The summed E-state index contributed by atoms with van der Waals surface area (Å²) in [4.78, 5) is 33.9. The molecule has 154 valence electrons. The molecule has 1 saturated heterocycles. The number of hydrogen-bond donors (Lipinski definition) is 3. The molecule has 0 spiro atoms. The molecular formula is C19H22F2N6O2. The van der Waals surface area contributed by atoms with E-state index in [1.54, 1.807) is 0 Å². The minimum Gasteiger partial charge on any atom is -0.368 e. The first-order chi connectivity index (χ1) is 14.0. The molecule has 0 aromatic carbocycles. The van der Waals surface area contributed by atoms with Crippen molar-refractivity contribution < 1.29 is 18.4 Å². The number of primary amides is 1. The van der Waals surface area contributed by atoms with Crippen molar-refractivity contribution in [1.82, 2.24) is 14.9 Å². The second-order valence-electron chi connectivity index (χ2n) is 7.36. The first-order valence-corrected chi connectivity index (χ1v) is 9.60. The van der Waals surface area contributed by atoms with E-state index < -0.39 is 24.3 Å². The number of nitrogens with zero attached hydrogens (tertiary/aromatic N) is 3. The molecule has 0 radical (unpaired) electrons. The van der Waals surface area contributed by atoms with E-state index in [1.807, 2.05) is 0 Å². The van der Waals surface area contributed by atoms with Crippen LogP contribution in [0.2, 0.25) is 0 Å². The highest BCUT2D eigenvalue weighted by Crippen LogP contribution is 2.36. The summed E-state index contributed by atoms with van der Waals surface area (Å²) in [6.45, 7) is 0.518. The van der Waals surface area contributed by atoms with Crippen molar-refractivity contribution in [3.8, 4) is 0 Å². The lowest BCUT2D eigenvalue weighted by Gasteiger charge is -2.35. The van der Waals surface area contributed by atoms with E-state index in [0.29, 0.717) is 18.8 Å². The van der Waals surface area contributed by atoms with E-state index in [9.17, 15) is 18.4 Å². The number of hydrogen-bond acceptors (Lipinski definition) is 6. The number of aromatic nitrogens is 2. The van der Waals surface area contributed by atoms with Gasteiger partial charge in [-0.1, -0.05) is 6.08 Å². The second-order valence-corrected chi connectivity index (χ2v) is 7.36. The number of likely N-dealkylation sites (tertiary alicyclic amines) is 1. The lowest BCUT2D eigenvalue weighted by Crippen LogP contribution is -2.51. The van der Waals surface area contributed by atoms with Gasteiger partial charge < -0.3 is 21.3 Å². The van der Waals surface area contributed by atoms with Crippen molar-refractivity contribution in [2.75, 3.05) is 23.7 Å². The van der Waals surface area contributed by atoms with Crippen LogP contribution in [-0.2, 0) is 9.59 Å². The minimum atomic E-state index is -1.49. The van der Waals surface area contributed by atoms with Crippen LogP contribution in [0.25, 0.3) is 0 Å². The summed E-state index contributed by atoms with van der Waals surface area (Å²) in [5.74, 6) is -0.330. The Morgan fingerprint density at radius 2 is 2.03 bits per heavy atom. The molecule has 1 fully saturated rings. The zero-order valence-electron chi connectivity index (χ0n) is 15.7. The molecule has 3 atom stereocenters. The van der Waals surface area contributed by atoms with E-state index >= 15 is 0 Å². The Morgan fingerprint density at radius 3 is 2.79 bits per heavy atom. The van der Waals surface area contributed by atoms with Crippen LogP contribution >= 0.6 is 0 Å². The summed E-state index contributed by atoms with van der Waals surface area (Å²) in [6.07, 6.45) is 3.45. The van der Waals surface area contributed by atoms with Gasteiger partial charge in [0.05, 0.1) is 17.8 Å². The summed E-state index contributed by atoms with van der Waals surface area (Å²) >= 11 is 0. The number of nitrogens with one attached hydrogen (secondary N) is 2. The van der Waals surface area contributed by atoms with Gasteiger partial charge in [0, 0.05) is 18.5 Å². The Balaban J connectivity index is 1.53. The molecule has 2 unspecified atom stereocenters. The number of alkyl halides is 2. The van der Waals surface area contributed by atoms with Crippen LogP contribution in [0.5, 0.6) is 0 Å². The largest absolute Gasteiger partial charge is 0.368 e. The Morgan fingerprint density at radius 1 is 1.21 bits per heavy atom. The average molecular weight is 404 g/mol. The lowest BCUT2D eigenvalue weighted by molar-refractivity contribution is -0.138. The molecule has 1 aromatic heterocycles. The maximum absolute atomic E-state index is 14.8. The summed E-state index contributed by atoms with van der Waals surface area (Å²) < 4.78 is 28.9. The maximum atomic E-state index is 14.8. The number of anilines is 2. The third-order valence-corrected chi connectivity index (χ3v) is 5.48. The van der Waals surface area contributed by atoms with E-state index in [4.69, 9.17) is 5.73 Å². The van der Waals surface area contributed by atoms with Crippen molar-refractivity contribution in [3.63, 3.8) is 0 Å². The second kappa shape index (κ2) is 7.76. The quantitative estimate of drug-likeness (QED) is 0.705. The zero-order valence-corrected chi connectivity index (χ0v) is 15.7. The molecule has 1 aliphatic carbocycles. The fourth-order valence-electron chi connectivity index (χ4n) is 3.96. The lowest BCUT2D eigenvalue weighted by atomic mass is 9.96. The Hall–Kier alpha value is -3.04. The predicted octanol–water partition coefficient (Wildman–Crippen LogP) is 1.74. The number of piperidine rings is 1. The highest BCUT2D eigenvalue weighted by molar-refractivity contribution is 5.97. The van der Waals surface area contributed by atoms with Crippen molar-refractivity contribution in [3.05, 3.63) is 35.3 Å². The van der Waals surface area contributed by atoms with Gasteiger partial charge in [0.25, 0.3) is 5.91 Å². The van der Waals surface area contributed by atoms with E-state index in [1.165, 1.54) is 23.4 Å². The predicted molar refractivity (Wildman–Crippen MR) is 102 cm³/mol. The van der Waals surface area contributed by atoms with Gasteiger partial charge in [-0.3, -0.25) is 9.59 Å². The van der Waals surface area contributed by atoms with Crippen molar-refractivity contribution in [2.24, 2.45) is 5.73 Å². The number of nitrogens with two attached hydrogens (primary N) is 1. The van der Waals surface area contributed by atoms with Gasteiger partial charge in [0.15, 0.2) is 0 Å². The molecule has 1 aromatic rings. The van der Waals surface area contributed by atoms with E-state index in [-0.39, 0.29) is 41.5 Å². The van der Waals surface area contributed by atoms with Crippen LogP contribution in [-0.4, -0.2) is 52.0 Å². The average Bonchev–Trinajstić information content (AvgIpc) is 3.11. The zero-order chi connectivity index (χ0) is 20.5. The molecule has 0 saturated carbocycles. The minimum absolute atomic E-state index is 0.0935. The normalized spacial score (nSPS) is 26.1. The van der Waals surface area contributed by atoms with Gasteiger partial charge in [0.2, 0.25) is 5.91 Å². The highest BCUT2D eigenvalue weighted by atomic mass is 19.1. The molecule has 2 aliphatic heterocycles. The summed E-state index contributed by atoms with van der Waals surface area (Å²) in [5, 5.41) is 5.67. The molecule has 3 aliphatic rings.